The molecular weight excluding hydrogens is 346 g/mol. The number of amides is 1. The predicted octanol–water partition coefficient (Wildman–Crippen LogP) is 4.01. The molecule has 2 aromatic heterocycles. The molecule has 136 valence electrons. The number of aromatic nitrogens is 2. The number of fused-ring (bicyclic) bond motifs is 1. The molecule has 1 aliphatic rings. The molecule has 5 nitrogen and oxygen atoms in total. The first kappa shape index (κ1) is 17.1. The number of carbonyl (C=O) groups is 1. The highest BCUT2D eigenvalue weighted by atomic mass is 32.1. The Morgan fingerprint density at radius 1 is 1.46 bits per heavy atom. The number of hydrogen-bond acceptors (Lipinski definition) is 4. The van der Waals surface area contributed by atoms with Crippen LogP contribution in [-0.2, 0) is 11.8 Å². The van der Waals surface area contributed by atoms with Crippen molar-refractivity contribution in [2.75, 3.05) is 6.61 Å². The van der Waals surface area contributed by atoms with E-state index in [-0.39, 0.29) is 17.9 Å². The molecule has 0 aliphatic heterocycles. The zero-order valence-electron chi connectivity index (χ0n) is 15.2. The fourth-order valence-electron chi connectivity index (χ4n) is 3.55. The molecule has 3 aromatic rings. The highest BCUT2D eigenvalue weighted by molar-refractivity contribution is 7.13. The third-order valence-corrected chi connectivity index (χ3v) is 6.10. The van der Waals surface area contributed by atoms with Crippen LogP contribution in [0.1, 0.15) is 42.7 Å². The maximum atomic E-state index is 12.7. The van der Waals surface area contributed by atoms with Crippen molar-refractivity contribution >= 4 is 28.1 Å². The number of hydrogen-bond donors (Lipinski definition) is 1. The van der Waals surface area contributed by atoms with Gasteiger partial charge in [0.1, 0.15) is 0 Å². The summed E-state index contributed by atoms with van der Waals surface area (Å²) in [5.41, 5.74) is 2.50. The third kappa shape index (κ3) is 3.09. The van der Waals surface area contributed by atoms with Gasteiger partial charge in [-0.3, -0.25) is 4.79 Å². The molecule has 0 saturated heterocycles. The Morgan fingerprint density at radius 2 is 2.27 bits per heavy atom. The second-order valence-corrected chi connectivity index (χ2v) is 7.88. The Balaban J connectivity index is 1.43. The monoisotopic (exact) mass is 369 g/mol. The number of aryl methyl sites for hydroxylation is 1. The average molecular weight is 369 g/mol. The Hall–Kier alpha value is -2.34. The van der Waals surface area contributed by atoms with Gasteiger partial charge in [0.2, 0.25) is 5.91 Å². The number of benzene rings is 1. The second kappa shape index (κ2) is 6.76. The highest BCUT2D eigenvalue weighted by Crippen LogP contribution is 2.50. The first-order valence-corrected chi connectivity index (χ1v) is 9.83. The van der Waals surface area contributed by atoms with Crippen molar-refractivity contribution in [1.82, 2.24) is 14.9 Å². The summed E-state index contributed by atoms with van der Waals surface area (Å²) >= 11 is 1.49. The van der Waals surface area contributed by atoms with E-state index in [0.717, 1.165) is 11.3 Å². The lowest BCUT2D eigenvalue weighted by molar-refractivity contribution is -0.123. The van der Waals surface area contributed by atoms with Crippen molar-refractivity contribution in [2.45, 2.75) is 32.2 Å². The molecule has 1 fully saturated rings. The Kier molecular flexibility index (Phi) is 4.44. The lowest BCUT2D eigenvalue weighted by Gasteiger charge is -2.11. The number of ether oxygens (including phenoxy) is 1. The minimum Gasteiger partial charge on any atom is -0.470 e. The largest absolute Gasteiger partial charge is 0.470 e. The molecule has 1 amide bonds. The van der Waals surface area contributed by atoms with Gasteiger partial charge in [0.25, 0.3) is 5.19 Å². The molecule has 6 heteroatoms. The molecule has 1 N–H and O–H groups in total. The van der Waals surface area contributed by atoms with Gasteiger partial charge in [0.15, 0.2) is 0 Å². The molecule has 1 aromatic carbocycles. The number of rotatable bonds is 6. The molecular formula is C20H23N3O2S. The fraction of sp³-hybridized carbons (Fsp3) is 0.400. The van der Waals surface area contributed by atoms with E-state index >= 15 is 0 Å². The first-order valence-electron chi connectivity index (χ1n) is 9.01. The Bertz CT molecular complexity index is 946. The summed E-state index contributed by atoms with van der Waals surface area (Å²) in [5.74, 6) is 0.498. The van der Waals surface area contributed by atoms with Gasteiger partial charge in [-0.25, -0.2) is 4.98 Å². The summed E-state index contributed by atoms with van der Waals surface area (Å²) in [4.78, 5) is 17.9. The van der Waals surface area contributed by atoms with E-state index in [4.69, 9.17) is 4.74 Å². The van der Waals surface area contributed by atoms with E-state index in [2.05, 4.69) is 52.4 Å². The summed E-state index contributed by atoms with van der Waals surface area (Å²) in [6.45, 7) is 4.53. The third-order valence-electron chi connectivity index (χ3n) is 5.01. The SMILES string of the molecule is CCOc1ncc([C@@H](C)NC(=O)C2CC2c2cn(C)c3ccccc23)s1. The number of carbonyl (C=O) groups excluding carboxylic acids is 1. The zero-order valence-corrected chi connectivity index (χ0v) is 16.0. The molecule has 26 heavy (non-hydrogen) atoms. The summed E-state index contributed by atoms with van der Waals surface area (Å²) < 4.78 is 7.56. The molecule has 3 atom stereocenters. The molecule has 2 unspecified atom stereocenters. The van der Waals surface area contributed by atoms with Gasteiger partial charge in [-0.15, -0.1) is 0 Å². The van der Waals surface area contributed by atoms with Gasteiger partial charge in [-0.1, -0.05) is 29.5 Å². The van der Waals surface area contributed by atoms with E-state index in [1.54, 1.807) is 6.20 Å². The van der Waals surface area contributed by atoms with Crippen LogP contribution in [-0.4, -0.2) is 22.1 Å². The lowest BCUT2D eigenvalue weighted by Crippen LogP contribution is -2.27. The van der Waals surface area contributed by atoms with Crippen LogP contribution in [0.25, 0.3) is 10.9 Å². The van der Waals surface area contributed by atoms with Crippen LogP contribution >= 0.6 is 11.3 Å². The number of thiazole rings is 1. The predicted molar refractivity (Wildman–Crippen MR) is 104 cm³/mol. The topological polar surface area (TPSA) is 56.1 Å². The second-order valence-electron chi connectivity index (χ2n) is 6.85. The van der Waals surface area contributed by atoms with E-state index in [0.29, 0.717) is 17.7 Å². The van der Waals surface area contributed by atoms with Crippen LogP contribution in [0.5, 0.6) is 5.19 Å². The van der Waals surface area contributed by atoms with Crippen molar-refractivity contribution in [1.29, 1.82) is 0 Å². The molecule has 0 spiro atoms. The van der Waals surface area contributed by atoms with Crippen LogP contribution in [0, 0.1) is 5.92 Å². The molecule has 4 rings (SSSR count). The summed E-state index contributed by atoms with van der Waals surface area (Å²) in [7, 11) is 2.06. The Morgan fingerprint density at radius 3 is 3.08 bits per heavy atom. The lowest BCUT2D eigenvalue weighted by atomic mass is 10.1. The van der Waals surface area contributed by atoms with E-state index in [1.165, 1.54) is 27.8 Å². The zero-order chi connectivity index (χ0) is 18.3. The van der Waals surface area contributed by atoms with Crippen molar-refractivity contribution in [3.63, 3.8) is 0 Å². The normalized spacial score (nSPS) is 20.1. The van der Waals surface area contributed by atoms with Crippen molar-refractivity contribution in [2.24, 2.45) is 13.0 Å². The van der Waals surface area contributed by atoms with Crippen molar-refractivity contribution in [3.05, 3.63) is 47.1 Å². The molecule has 2 heterocycles. The summed E-state index contributed by atoms with van der Waals surface area (Å²) in [6, 6.07) is 8.33. The highest BCUT2D eigenvalue weighted by Gasteiger charge is 2.45. The minimum absolute atomic E-state index is 0.0528. The Labute approximate surface area is 157 Å². The number of para-hydroxylation sites is 1. The van der Waals surface area contributed by atoms with E-state index < -0.39 is 0 Å². The summed E-state index contributed by atoms with van der Waals surface area (Å²) in [5, 5.41) is 5.05. The average Bonchev–Trinajstić information content (AvgIpc) is 3.17. The maximum Gasteiger partial charge on any atom is 0.273 e. The van der Waals surface area contributed by atoms with Gasteiger partial charge < -0.3 is 14.6 Å². The summed E-state index contributed by atoms with van der Waals surface area (Å²) in [6.07, 6.45) is 4.87. The van der Waals surface area contributed by atoms with Crippen LogP contribution < -0.4 is 10.1 Å². The van der Waals surface area contributed by atoms with Gasteiger partial charge in [-0.2, -0.15) is 0 Å². The van der Waals surface area contributed by atoms with Crippen LogP contribution in [0.2, 0.25) is 0 Å². The first-order chi connectivity index (χ1) is 12.6. The standard InChI is InChI=1S/C20H23N3O2S/c1-4-25-20-21-10-18(26-20)12(2)22-19(24)15-9-14(15)16-11-23(3)17-8-6-5-7-13(16)17/h5-8,10-12,14-15H,4,9H2,1-3H3,(H,22,24)/t12-,14?,15?/m1/s1. The van der Waals surface area contributed by atoms with Crippen molar-refractivity contribution < 1.29 is 9.53 Å². The maximum absolute atomic E-state index is 12.7. The molecule has 1 aliphatic carbocycles. The number of nitrogens with zero attached hydrogens (tertiary/aromatic N) is 2. The molecule has 1 saturated carbocycles. The molecule has 0 radical (unpaired) electrons. The van der Waals surface area contributed by atoms with Crippen LogP contribution in [0.3, 0.4) is 0 Å². The number of nitrogens with one attached hydrogen (secondary N) is 1. The van der Waals surface area contributed by atoms with Crippen LogP contribution in [0.4, 0.5) is 0 Å². The smallest absolute Gasteiger partial charge is 0.273 e. The van der Waals surface area contributed by atoms with E-state index in [9.17, 15) is 4.79 Å². The van der Waals surface area contributed by atoms with Gasteiger partial charge in [0.05, 0.1) is 17.5 Å². The van der Waals surface area contributed by atoms with Gasteiger partial charge in [-0.05, 0) is 37.8 Å². The van der Waals surface area contributed by atoms with Gasteiger partial charge >= 0.3 is 0 Å². The van der Waals surface area contributed by atoms with Crippen molar-refractivity contribution in [3.8, 4) is 5.19 Å². The quantitative estimate of drug-likeness (QED) is 0.714. The minimum atomic E-state index is -0.0528. The van der Waals surface area contributed by atoms with E-state index in [1.807, 2.05) is 13.8 Å². The van der Waals surface area contributed by atoms with Crippen LogP contribution in [0.15, 0.2) is 36.7 Å². The van der Waals surface area contributed by atoms with Gasteiger partial charge in [0, 0.05) is 36.3 Å². The molecule has 0 bridgehead atoms. The fourth-order valence-corrected chi connectivity index (χ4v) is 4.37.